The maximum absolute atomic E-state index is 8.80. The Kier molecular flexibility index (Phi) is 4.89. The lowest BCUT2D eigenvalue weighted by atomic mass is 10.0. The van der Waals surface area contributed by atoms with Crippen molar-refractivity contribution in [3.8, 4) is 6.07 Å². The fourth-order valence-corrected chi connectivity index (χ4v) is 2.57. The summed E-state index contributed by atoms with van der Waals surface area (Å²) in [6, 6.07) is 15.1. The van der Waals surface area contributed by atoms with Gasteiger partial charge in [-0.25, -0.2) is 0 Å². The molecule has 1 atom stereocenters. The maximum atomic E-state index is 8.80. The highest BCUT2D eigenvalue weighted by atomic mass is 35.5. The Morgan fingerprint density at radius 1 is 1.15 bits per heavy atom. The minimum absolute atomic E-state index is 0.104. The number of anilines is 1. The van der Waals surface area contributed by atoms with Crippen LogP contribution in [0.4, 0.5) is 5.69 Å². The first kappa shape index (κ1) is 14.7. The molecule has 0 saturated carbocycles. The Morgan fingerprint density at radius 3 is 2.40 bits per heavy atom. The van der Waals surface area contributed by atoms with Gasteiger partial charge in [-0.2, -0.15) is 5.26 Å². The molecule has 0 amide bonds. The van der Waals surface area contributed by atoms with E-state index in [1.807, 2.05) is 24.3 Å². The van der Waals surface area contributed by atoms with Crippen LogP contribution in [0.1, 0.15) is 30.5 Å². The third-order valence-corrected chi connectivity index (χ3v) is 3.66. The smallest absolute Gasteiger partial charge is 0.0991 e. The largest absolute Gasteiger partial charge is 0.378 e. The summed E-state index contributed by atoms with van der Waals surface area (Å²) >= 11 is 12.2. The highest BCUT2D eigenvalue weighted by Gasteiger charge is 2.13. The van der Waals surface area contributed by atoms with E-state index in [0.29, 0.717) is 15.6 Å². The molecule has 2 aromatic carbocycles. The Balaban J connectivity index is 2.22. The fraction of sp³-hybridized carbons (Fsp3) is 0.188. The van der Waals surface area contributed by atoms with Gasteiger partial charge in [0.15, 0.2) is 0 Å². The molecule has 0 heterocycles. The molecule has 0 fully saturated rings. The number of nitrogens with one attached hydrogen (secondary N) is 1. The van der Waals surface area contributed by atoms with Crippen LogP contribution in [-0.4, -0.2) is 0 Å². The second-order valence-corrected chi connectivity index (χ2v) is 5.30. The molecule has 0 aliphatic carbocycles. The van der Waals surface area contributed by atoms with Gasteiger partial charge in [-0.15, -0.1) is 0 Å². The molecular formula is C16H14Cl2N2. The van der Waals surface area contributed by atoms with E-state index in [2.05, 4.69) is 18.3 Å². The highest BCUT2D eigenvalue weighted by molar-refractivity contribution is 6.35. The maximum Gasteiger partial charge on any atom is 0.0991 e. The van der Waals surface area contributed by atoms with Crippen molar-refractivity contribution >= 4 is 28.9 Å². The molecule has 2 aromatic rings. The van der Waals surface area contributed by atoms with E-state index in [-0.39, 0.29) is 6.04 Å². The van der Waals surface area contributed by atoms with E-state index < -0.39 is 0 Å². The fourth-order valence-electron chi connectivity index (χ4n) is 2.03. The number of hydrogen-bond donors (Lipinski definition) is 1. The van der Waals surface area contributed by atoms with Gasteiger partial charge in [-0.05, 0) is 48.4 Å². The van der Waals surface area contributed by atoms with Crippen LogP contribution in [0.3, 0.4) is 0 Å². The van der Waals surface area contributed by atoms with Crippen molar-refractivity contribution in [2.75, 3.05) is 5.32 Å². The lowest BCUT2D eigenvalue weighted by Gasteiger charge is -2.20. The first-order valence-corrected chi connectivity index (χ1v) is 7.11. The van der Waals surface area contributed by atoms with Crippen molar-refractivity contribution in [3.05, 3.63) is 63.6 Å². The van der Waals surface area contributed by atoms with Gasteiger partial charge >= 0.3 is 0 Å². The van der Waals surface area contributed by atoms with Crippen molar-refractivity contribution in [3.63, 3.8) is 0 Å². The Hall–Kier alpha value is -1.69. The van der Waals surface area contributed by atoms with Crippen LogP contribution in [0.5, 0.6) is 0 Å². The van der Waals surface area contributed by atoms with E-state index in [0.717, 1.165) is 17.7 Å². The zero-order chi connectivity index (χ0) is 14.5. The van der Waals surface area contributed by atoms with E-state index >= 15 is 0 Å². The van der Waals surface area contributed by atoms with Crippen molar-refractivity contribution in [1.29, 1.82) is 5.26 Å². The minimum Gasteiger partial charge on any atom is -0.378 e. The van der Waals surface area contributed by atoms with Crippen LogP contribution in [0.15, 0.2) is 42.5 Å². The summed E-state index contributed by atoms with van der Waals surface area (Å²) in [7, 11) is 0. The van der Waals surface area contributed by atoms with Crippen molar-refractivity contribution in [2.45, 2.75) is 19.4 Å². The molecule has 0 radical (unpaired) electrons. The first-order chi connectivity index (χ1) is 9.63. The summed E-state index contributed by atoms with van der Waals surface area (Å²) in [4.78, 5) is 0. The second kappa shape index (κ2) is 6.65. The number of benzene rings is 2. The van der Waals surface area contributed by atoms with Crippen LogP contribution in [0.25, 0.3) is 0 Å². The van der Waals surface area contributed by atoms with Crippen molar-refractivity contribution in [1.82, 2.24) is 0 Å². The monoisotopic (exact) mass is 304 g/mol. The lowest BCUT2D eigenvalue weighted by molar-refractivity contribution is 0.749. The highest BCUT2D eigenvalue weighted by Crippen LogP contribution is 2.30. The Morgan fingerprint density at radius 2 is 1.85 bits per heavy atom. The molecule has 0 aliphatic heterocycles. The number of nitrogens with zero attached hydrogens (tertiary/aromatic N) is 1. The average molecular weight is 305 g/mol. The topological polar surface area (TPSA) is 35.8 Å². The average Bonchev–Trinajstić information content (AvgIpc) is 2.46. The van der Waals surface area contributed by atoms with Gasteiger partial charge in [0.2, 0.25) is 0 Å². The summed E-state index contributed by atoms with van der Waals surface area (Å²) in [5.74, 6) is 0. The van der Waals surface area contributed by atoms with Crippen LogP contribution in [0, 0.1) is 11.3 Å². The van der Waals surface area contributed by atoms with Crippen LogP contribution in [-0.2, 0) is 0 Å². The molecule has 20 heavy (non-hydrogen) atoms. The van der Waals surface area contributed by atoms with Crippen molar-refractivity contribution < 1.29 is 0 Å². The predicted octanol–water partition coefficient (Wildman–Crippen LogP) is 5.43. The lowest BCUT2D eigenvalue weighted by Crippen LogP contribution is -2.10. The number of nitriles is 1. The van der Waals surface area contributed by atoms with Gasteiger partial charge in [0.1, 0.15) is 0 Å². The molecule has 1 N–H and O–H groups in total. The van der Waals surface area contributed by atoms with Crippen molar-refractivity contribution in [2.24, 2.45) is 0 Å². The molecule has 0 saturated heterocycles. The molecule has 4 heteroatoms. The van der Waals surface area contributed by atoms with E-state index in [1.54, 1.807) is 18.2 Å². The summed E-state index contributed by atoms with van der Waals surface area (Å²) in [5.41, 5.74) is 2.62. The van der Waals surface area contributed by atoms with Gasteiger partial charge in [0.25, 0.3) is 0 Å². The second-order valence-electron chi connectivity index (χ2n) is 4.46. The minimum atomic E-state index is 0.104. The molecule has 0 bridgehead atoms. The quantitative estimate of drug-likeness (QED) is 0.817. The normalized spacial score (nSPS) is 11.7. The number of rotatable bonds is 4. The van der Waals surface area contributed by atoms with Crippen LogP contribution in [0.2, 0.25) is 10.0 Å². The van der Waals surface area contributed by atoms with E-state index in [9.17, 15) is 0 Å². The van der Waals surface area contributed by atoms with Gasteiger partial charge in [0, 0.05) is 15.7 Å². The zero-order valence-electron chi connectivity index (χ0n) is 11.0. The predicted molar refractivity (Wildman–Crippen MR) is 84.3 cm³/mol. The van der Waals surface area contributed by atoms with Crippen LogP contribution >= 0.6 is 23.2 Å². The molecule has 0 aromatic heterocycles. The third-order valence-electron chi connectivity index (χ3n) is 3.10. The van der Waals surface area contributed by atoms with Gasteiger partial charge in [0.05, 0.1) is 17.7 Å². The van der Waals surface area contributed by atoms with Gasteiger partial charge in [-0.1, -0.05) is 36.2 Å². The summed E-state index contributed by atoms with van der Waals surface area (Å²) in [6.45, 7) is 2.09. The van der Waals surface area contributed by atoms with E-state index in [4.69, 9.17) is 28.5 Å². The molecule has 0 aliphatic rings. The number of halogens is 2. The molecule has 1 unspecified atom stereocenters. The molecule has 2 nitrogen and oxygen atoms in total. The van der Waals surface area contributed by atoms with Crippen LogP contribution < -0.4 is 5.32 Å². The molecule has 2 rings (SSSR count). The SMILES string of the molecule is CCC(Nc1ccc(C#N)cc1)c1ccc(Cl)cc1Cl. The summed E-state index contributed by atoms with van der Waals surface area (Å²) in [5, 5.41) is 13.5. The Labute approximate surface area is 128 Å². The third kappa shape index (κ3) is 3.45. The molecule has 0 spiro atoms. The molecule has 102 valence electrons. The van der Waals surface area contributed by atoms with Gasteiger partial charge < -0.3 is 5.32 Å². The first-order valence-electron chi connectivity index (χ1n) is 6.35. The van der Waals surface area contributed by atoms with Gasteiger partial charge in [-0.3, -0.25) is 0 Å². The molecular weight excluding hydrogens is 291 g/mol. The van der Waals surface area contributed by atoms with E-state index in [1.165, 1.54) is 0 Å². The number of hydrogen-bond acceptors (Lipinski definition) is 2. The zero-order valence-corrected chi connectivity index (χ0v) is 12.5. The Bertz CT molecular complexity index is 630. The summed E-state index contributed by atoms with van der Waals surface area (Å²) < 4.78 is 0. The standard InChI is InChI=1S/C16H14Cl2N2/c1-2-16(14-8-5-12(17)9-15(14)18)20-13-6-3-11(10-19)4-7-13/h3-9,16,20H,2H2,1H3. The summed E-state index contributed by atoms with van der Waals surface area (Å²) in [6.07, 6.45) is 0.890.